The second-order valence-electron chi connectivity index (χ2n) is 17.2. The van der Waals surface area contributed by atoms with Gasteiger partial charge in [0.1, 0.15) is 0 Å². The number of ether oxygens (including phenoxy) is 3. The molecule has 334 valence electrons. The van der Waals surface area contributed by atoms with Crippen LogP contribution in [0.15, 0.2) is 18.2 Å². The molecule has 4 atom stereocenters. The number of carbonyl (C=O) groups excluding carboxylic acids is 4. The van der Waals surface area contributed by atoms with Crippen molar-refractivity contribution in [1.29, 1.82) is 0 Å². The lowest BCUT2D eigenvalue weighted by Gasteiger charge is -2.26. The lowest BCUT2D eigenvalue weighted by Crippen LogP contribution is -2.41. The van der Waals surface area contributed by atoms with Crippen molar-refractivity contribution in [3.8, 4) is 0 Å². The highest BCUT2D eigenvalue weighted by molar-refractivity contribution is 6.06. The Balaban J connectivity index is 1.41. The third kappa shape index (κ3) is 9.80. The molecule has 0 aromatic carbocycles. The van der Waals surface area contributed by atoms with E-state index in [1.54, 1.807) is 6.92 Å². The molecule has 0 aliphatic carbocycles. The number of aromatic nitrogens is 4. The van der Waals surface area contributed by atoms with Gasteiger partial charge in [0.05, 0.1) is 62.2 Å². The number of nitrogens with one attached hydrogen (secondary N) is 4. The van der Waals surface area contributed by atoms with Crippen molar-refractivity contribution < 1.29 is 33.4 Å². The summed E-state index contributed by atoms with van der Waals surface area (Å²) in [5, 5.41) is 6.29. The van der Waals surface area contributed by atoms with Gasteiger partial charge in [-0.3, -0.25) is 38.9 Å². The third-order valence-electron chi connectivity index (χ3n) is 13.4. The average Bonchev–Trinajstić information content (AvgIpc) is 3.95. The standard InChI is InChI=1S/C47H64N8O7/c1-8-32-27(2)35-26-40-43(31(6)56)29(4)37(51-40)24-36-28(3)33(9-10-41(57)48-11-13-54-15-19-61-20-16-54)45(52-36)34(23-42(58)60-7)46-44(30(5)38(53-46)25-39(32)50-35)47(59)49-12-14-55-17-21-62-22-18-55/h24-28,32-33,51,53H,8-23H2,1-7H3,(H,48,57)(H,49,59)/t27-,28+,32-,33+/m1/s1. The first-order valence-electron chi connectivity index (χ1n) is 22.4. The highest BCUT2D eigenvalue weighted by atomic mass is 16.5. The molecule has 15 heteroatoms. The van der Waals surface area contributed by atoms with Crippen molar-refractivity contribution in [3.05, 3.63) is 68.8 Å². The molecule has 4 aliphatic rings. The summed E-state index contributed by atoms with van der Waals surface area (Å²) >= 11 is 0. The minimum absolute atomic E-state index is 0.0542. The minimum Gasteiger partial charge on any atom is -0.469 e. The van der Waals surface area contributed by atoms with E-state index < -0.39 is 5.97 Å². The van der Waals surface area contributed by atoms with E-state index in [-0.39, 0.29) is 54.1 Å². The van der Waals surface area contributed by atoms with Gasteiger partial charge in [0.15, 0.2) is 5.78 Å². The number of ketones is 1. The van der Waals surface area contributed by atoms with Crippen LogP contribution in [0.4, 0.5) is 0 Å². The van der Waals surface area contributed by atoms with E-state index in [0.717, 1.165) is 72.9 Å². The van der Waals surface area contributed by atoms with Crippen LogP contribution in [0, 0.1) is 13.8 Å². The first kappa shape index (κ1) is 45.1. The maximum Gasteiger partial charge on any atom is 0.310 e. The maximum absolute atomic E-state index is 14.6. The van der Waals surface area contributed by atoms with Crippen LogP contribution in [0.2, 0.25) is 0 Å². The largest absolute Gasteiger partial charge is 0.469 e. The molecule has 8 bridgehead atoms. The van der Waals surface area contributed by atoms with Crippen LogP contribution >= 0.6 is 0 Å². The number of hydrogen-bond acceptors (Lipinski definition) is 11. The van der Waals surface area contributed by atoms with E-state index >= 15 is 0 Å². The predicted octanol–water partition coefficient (Wildman–Crippen LogP) is 5.32. The number of aryl methyl sites for hydroxylation is 2. The molecule has 4 aliphatic heterocycles. The van der Waals surface area contributed by atoms with Gasteiger partial charge in [-0.2, -0.15) is 0 Å². The highest BCUT2D eigenvalue weighted by Gasteiger charge is 2.34. The van der Waals surface area contributed by atoms with E-state index in [0.29, 0.717) is 91.4 Å². The fourth-order valence-corrected chi connectivity index (χ4v) is 9.64. The number of hydrogen-bond donors (Lipinski definition) is 4. The predicted molar refractivity (Wildman–Crippen MR) is 238 cm³/mol. The molecular formula is C47H64N8O7. The van der Waals surface area contributed by atoms with E-state index in [2.05, 4.69) is 51.2 Å². The van der Waals surface area contributed by atoms with Crippen LogP contribution < -0.4 is 10.6 Å². The summed E-state index contributed by atoms with van der Waals surface area (Å²) in [4.78, 5) is 77.0. The van der Waals surface area contributed by atoms with E-state index in [9.17, 15) is 19.2 Å². The summed E-state index contributed by atoms with van der Waals surface area (Å²) in [7, 11) is 1.35. The summed E-state index contributed by atoms with van der Waals surface area (Å²) in [6.45, 7) is 20.2. The highest BCUT2D eigenvalue weighted by Crippen LogP contribution is 2.43. The summed E-state index contributed by atoms with van der Waals surface area (Å²) in [6.07, 6.45) is 1.34. The molecule has 4 N–H and O–H groups in total. The second kappa shape index (κ2) is 20.0. The number of H-pyrrole nitrogens is 2. The molecule has 3 aromatic rings. The Kier molecular flexibility index (Phi) is 14.6. The molecule has 7 rings (SSSR count). The Morgan fingerprint density at radius 2 is 1.34 bits per heavy atom. The summed E-state index contributed by atoms with van der Waals surface area (Å²) < 4.78 is 16.3. The normalized spacial score (nSPS) is 20.8. The van der Waals surface area contributed by atoms with Gasteiger partial charge >= 0.3 is 5.97 Å². The van der Waals surface area contributed by atoms with Gasteiger partial charge < -0.3 is 34.8 Å². The number of methoxy groups -OCH3 is 1. The fourth-order valence-electron chi connectivity index (χ4n) is 9.64. The molecule has 2 amide bonds. The van der Waals surface area contributed by atoms with Crippen LogP contribution in [-0.4, -0.2) is 139 Å². The van der Waals surface area contributed by atoms with Crippen LogP contribution in [-0.2, 0) is 30.2 Å². The van der Waals surface area contributed by atoms with Crippen LogP contribution in [0.25, 0.3) is 22.1 Å². The van der Waals surface area contributed by atoms with Gasteiger partial charge in [0.2, 0.25) is 5.91 Å². The van der Waals surface area contributed by atoms with Crippen molar-refractivity contribution in [2.24, 2.45) is 0 Å². The van der Waals surface area contributed by atoms with Crippen LogP contribution in [0.3, 0.4) is 0 Å². The number of esters is 1. The zero-order chi connectivity index (χ0) is 44.1. The van der Waals surface area contributed by atoms with Gasteiger partial charge in [0.25, 0.3) is 5.91 Å². The molecule has 0 spiro atoms. The Labute approximate surface area is 364 Å². The Bertz CT molecular complexity index is 2320. The van der Waals surface area contributed by atoms with Gasteiger partial charge in [-0.15, -0.1) is 0 Å². The lowest BCUT2D eigenvalue weighted by atomic mass is 9.85. The van der Waals surface area contributed by atoms with Crippen molar-refractivity contribution in [1.82, 2.24) is 40.4 Å². The van der Waals surface area contributed by atoms with Gasteiger partial charge in [-0.25, -0.2) is 0 Å². The van der Waals surface area contributed by atoms with E-state index in [1.807, 2.05) is 32.0 Å². The number of nitrogens with zero attached hydrogens (tertiary/aromatic N) is 4. The van der Waals surface area contributed by atoms with Crippen molar-refractivity contribution in [3.63, 3.8) is 0 Å². The van der Waals surface area contributed by atoms with Crippen LogP contribution in [0.5, 0.6) is 0 Å². The van der Waals surface area contributed by atoms with Gasteiger partial charge in [-0.1, -0.05) is 20.8 Å². The first-order valence-corrected chi connectivity index (χ1v) is 22.4. The summed E-state index contributed by atoms with van der Waals surface area (Å²) in [6, 6.07) is 6.01. The minimum atomic E-state index is -0.482. The van der Waals surface area contributed by atoms with Crippen molar-refractivity contribution in [2.45, 2.75) is 90.9 Å². The summed E-state index contributed by atoms with van der Waals surface area (Å²) in [5.74, 6) is -1.22. The number of amides is 2. The molecule has 62 heavy (non-hydrogen) atoms. The topological polar surface area (TPSA) is 184 Å². The molecule has 7 heterocycles. The zero-order valence-electron chi connectivity index (χ0n) is 37.5. The number of aromatic amines is 2. The molecule has 3 aromatic heterocycles. The molecule has 0 saturated carbocycles. The Hall–Kier alpha value is -4.96. The molecule has 2 saturated heterocycles. The SMILES string of the molecule is CC[C@H]1c2cc3[nH]c(c(CC(=O)OC)c4nc(cc5[nH]c(cc(n2)[C@@H]1C)c(C(C)=O)c5C)[C@@H](C)[C@@H]4CCC(=O)NCCN1CCOCC1)c(C(=O)NCCN1CCOCC1)c3C. The molecular weight excluding hydrogens is 789 g/mol. The maximum atomic E-state index is 14.6. The van der Waals surface area contributed by atoms with E-state index in [4.69, 9.17) is 24.2 Å². The molecule has 0 unspecified atom stereocenters. The molecule has 0 radical (unpaired) electrons. The smallest absolute Gasteiger partial charge is 0.310 e. The monoisotopic (exact) mass is 852 g/mol. The van der Waals surface area contributed by atoms with Crippen molar-refractivity contribution >= 4 is 45.6 Å². The first-order chi connectivity index (χ1) is 29.9. The number of fused-ring (bicyclic) bond motifs is 8. The zero-order valence-corrected chi connectivity index (χ0v) is 37.5. The van der Waals surface area contributed by atoms with E-state index in [1.165, 1.54) is 7.11 Å². The second-order valence-corrected chi connectivity index (χ2v) is 17.2. The molecule has 2 fully saturated rings. The van der Waals surface area contributed by atoms with Crippen LogP contribution in [0.1, 0.15) is 131 Å². The Morgan fingerprint density at radius 3 is 1.97 bits per heavy atom. The van der Waals surface area contributed by atoms with Gasteiger partial charge in [0, 0.05) is 122 Å². The average molecular weight is 853 g/mol. The quantitative estimate of drug-likeness (QED) is 0.122. The number of carbonyl (C=O) groups is 4. The fraction of sp³-hybridized carbons (Fsp3) is 0.574. The third-order valence-corrected chi connectivity index (χ3v) is 13.4. The van der Waals surface area contributed by atoms with Crippen molar-refractivity contribution in [2.75, 3.05) is 85.9 Å². The molecule has 15 nitrogen and oxygen atoms in total. The number of morpholine rings is 2. The lowest BCUT2D eigenvalue weighted by molar-refractivity contribution is -0.139. The number of Topliss-reactive ketones (excluding diaryl/α,β-unsaturated/α-hetero) is 1. The number of rotatable bonds is 14. The Morgan fingerprint density at radius 1 is 0.774 bits per heavy atom. The summed E-state index contributed by atoms with van der Waals surface area (Å²) in [5.41, 5.74) is 8.84. The van der Waals surface area contributed by atoms with Gasteiger partial charge in [-0.05, 0) is 62.9 Å².